The predicted molar refractivity (Wildman–Crippen MR) is 51.9 cm³/mol. The summed E-state index contributed by atoms with van der Waals surface area (Å²) < 4.78 is 5.38. The van der Waals surface area contributed by atoms with Gasteiger partial charge in [0.05, 0.1) is 18.6 Å². The number of ether oxygens (including phenoxy) is 1. The van der Waals surface area contributed by atoms with Crippen LogP contribution in [0.2, 0.25) is 5.02 Å². The summed E-state index contributed by atoms with van der Waals surface area (Å²) in [5.41, 5.74) is 0.502. The second-order valence-corrected chi connectivity index (χ2v) is 3.63. The normalized spacial score (nSPS) is 20.1. The number of hydrogen-bond acceptors (Lipinski definition) is 3. The summed E-state index contributed by atoms with van der Waals surface area (Å²) in [7, 11) is 0. The van der Waals surface area contributed by atoms with Gasteiger partial charge in [-0.1, -0.05) is 11.6 Å². The van der Waals surface area contributed by atoms with Crippen molar-refractivity contribution >= 4 is 17.4 Å². The number of carbonyl (C=O) groups is 1. The minimum atomic E-state index is -0.420. The zero-order chi connectivity index (χ0) is 10.1. The van der Waals surface area contributed by atoms with Crippen LogP contribution >= 0.6 is 11.6 Å². The highest BCUT2D eigenvalue weighted by Gasteiger charge is 2.25. The Morgan fingerprint density at radius 2 is 2.36 bits per heavy atom. The van der Waals surface area contributed by atoms with Crippen LogP contribution in [0.25, 0.3) is 0 Å². The average Bonchev–Trinajstić information content (AvgIpc) is 2.19. The zero-order valence-electron chi connectivity index (χ0n) is 7.37. The molecular weight excluding hydrogens is 204 g/mol. The number of hydrogen-bond donors (Lipinski definition) is 1. The maximum absolute atomic E-state index is 11.6. The molecule has 14 heavy (non-hydrogen) atoms. The van der Waals surface area contributed by atoms with Crippen LogP contribution < -0.4 is 4.74 Å². The van der Waals surface area contributed by atoms with E-state index in [-0.39, 0.29) is 18.8 Å². The second-order valence-electron chi connectivity index (χ2n) is 3.19. The molecule has 74 valence electrons. The van der Waals surface area contributed by atoms with E-state index in [0.29, 0.717) is 16.3 Å². The van der Waals surface area contributed by atoms with Gasteiger partial charge in [-0.15, -0.1) is 0 Å². The van der Waals surface area contributed by atoms with Crippen LogP contribution in [0.5, 0.6) is 5.75 Å². The number of rotatable bonds is 1. The Morgan fingerprint density at radius 1 is 1.57 bits per heavy atom. The molecule has 1 aliphatic rings. The number of ketones is 1. The van der Waals surface area contributed by atoms with Crippen molar-refractivity contribution < 1.29 is 14.6 Å². The first kappa shape index (κ1) is 9.49. The molecule has 1 heterocycles. The SMILES string of the molecule is O=C1CC(CO)Oc2ccc(Cl)cc21. The van der Waals surface area contributed by atoms with E-state index in [0.717, 1.165) is 0 Å². The number of carbonyl (C=O) groups excluding carboxylic acids is 1. The van der Waals surface area contributed by atoms with Crippen LogP contribution in [0.3, 0.4) is 0 Å². The molecule has 1 unspecified atom stereocenters. The van der Waals surface area contributed by atoms with Crippen molar-refractivity contribution in [3.05, 3.63) is 28.8 Å². The lowest BCUT2D eigenvalue weighted by atomic mass is 10.0. The van der Waals surface area contributed by atoms with E-state index >= 15 is 0 Å². The van der Waals surface area contributed by atoms with E-state index in [2.05, 4.69) is 0 Å². The number of benzene rings is 1. The highest BCUT2D eigenvalue weighted by Crippen LogP contribution is 2.29. The number of Topliss-reactive ketones (excluding diaryl/α,β-unsaturated/α-hetero) is 1. The Bertz CT molecular complexity index is 376. The van der Waals surface area contributed by atoms with Crippen molar-refractivity contribution in [1.82, 2.24) is 0 Å². The maximum Gasteiger partial charge on any atom is 0.170 e. The summed E-state index contributed by atoms with van der Waals surface area (Å²) in [6, 6.07) is 4.90. The summed E-state index contributed by atoms with van der Waals surface area (Å²) in [6.07, 6.45) is -0.208. The molecule has 0 radical (unpaired) electrons. The average molecular weight is 213 g/mol. The second kappa shape index (κ2) is 3.59. The largest absolute Gasteiger partial charge is 0.487 e. The quantitative estimate of drug-likeness (QED) is 0.770. The first-order valence-corrected chi connectivity index (χ1v) is 4.69. The molecule has 3 nitrogen and oxygen atoms in total. The van der Waals surface area contributed by atoms with Crippen molar-refractivity contribution in [3.63, 3.8) is 0 Å². The molecule has 0 fully saturated rings. The molecule has 0 aromatic heterocycles. The fourth-order valence-electron chi connectivity index (χ4n) is 1.46. The van der Waals surface area contributed by atoms with Gasteiger partial charge in [0.25, 0.3) is 0 Å². The molecule has 0 saturated carbocycles. The van der Waals surface area contributed by atoms with Crippen LogP contribution in [0.15, 0.2) is 18.2 Å². The van der Waals surface area contributed by atoms with Gasteiger partial charge in [-0.25, -0.2) is 0 Å². The summed E-state index contributed by atoms with van der Waals surface area (Å²) in [5, 5.41) is 9.40. The summed E-state index contributed by atoms with van der Waals surface area (Å²) in [5.74, 6) is 0.470. The Balaban J connectivity index is 2.40. The van der Waals surface area contributed by atoms with Gasteiger partial charge in [0.15, 0.2) is 5.78 Å². The van der Waals surface area contributed by atoms with Crippen LogP contribution in [-0.2, 0) is 0 Å². The standard InChI is InChI=1S/C10H9ClO3/c11-6-1-2-10-8(3-6)9(13)4-7(5-12)14-10/h1-3,7,12H,4-5H2. The van der Waals surface area contributed by atoms with E-state index < -0.39 is 6.10 Å². The molecular formula is C10H9ClO3. The van der Waals surface area contributed by atoms with E-state index in [1.807, 2.05) is 0 Å². The smallest absolute Gasteiger partial charge is 0.170 e. The summed E-state index contributed by atoms with van der Waals surface area (Å²) in [4.78, 5) is 11.6. The van der Waals surface area contributed by atoms with Gasteiger partial charge in [0, 0.05) is 5.02 Å². The molecule has 1 N–H and O–H groups in total. The third-order valence-corrected chi connectivity index (χ3v) is 2.39. The topological polar surface area (TPSA) is 46.5 Å². The van der Waals surface area contributed by atoms with Gasteiger partial charge in [-0.2, -0.15) is 0 Å². The first-order valence-electron chi connectivity index (χ1n) is 4.31. The maximum atomic E-state index is 11.6. The number of aliphatic hydroxyl groups excluding tert-OH is 1. The third-order valence-electron chi connectivity index (χ3n) is 2.15. The number of halogens is 1. The highest BCUT2D eigenvalue weighted by atomic mass is 35.5. The van der Waals surface area contributed by atoms with Crippen LogP contribution in [-0.4, -0.2) is 23.6 Å². The van der Waals surface area contributed by atoms with Crippen molar-refractivity contribution in [1.29, 1.82) is 0 Å². The molecule has 0 saturated heterocycles. The fourth-order valence-corrected chi connectivity index (χ4v) is 1.63. The Hall–Kier alpha value is -1.06. The zero-order valence-corrected chi connectivity index (χ0v) is 8.12. The fraction of sp³-hybridized carbons (Fsp3) is 0.300. The lowest BCUT2D eigenvalue weighted by Crippen LogP contribution is -2.29. The van der Waals surface area contributed by atoms with Gasteiger partial charge < -0.3 is 9.84 Å². The highest BCUT2D eigenvalue weighted by molar-refractivity contribution is 6.31. The Kier molecular flexibility index (Phi) is 2.44. The van der Waals surface area contributed by atoms with Crippen molar-refractivity contribution in [2.24, 2.45) is 0 Å². The molecule has 2 rings (SSSR count). The lowest BCUT2D eigenvalue weighted by molar-refractivity contribution is 0.0704. The Labute approximate surface area is 86.3 Å². The van der Waals surface area contributed by atoms with E-state index in [9.17, 15) is 4.79 Å². The van der Waals surface area contributed by atoms with Gasteiger partial charge in [0.2, 0.25) is 0 Å². The van der Waals surface area contributed by atoms with E-state index in [1.165, 1.54) is 0 Å². The molecule has 4 heteroatoms. The molecule has 0 aliphatic carbocycles. The van der Waals surface area contributed by atoms with Crippen LogP contribution in [0.4, 0.5) is 0 Å². The molecule has 0 bridgehead atoms. The molecule has 1 aromatic rings. The lowest BCUT2D eigenvalue weighted by Gasteiger charge is -2.23. The van der Waals surface area contributed by atoms with Gasteiger partial charge >= 0.3 is 0 Å². The van der Waals surface area contributed by atoms with Gasteiger partial charge in [0.1, 0.15) is 11.9 Å². The molecule has 1 aliphatic heterocycles. The van der Waals surface area contributed by atoms with Crippen LogP contribution in [0.1, 0.15) is 16.8 Å². The Morgan fingerprint density at radius 3 is 3.07 bits per heavy atom. The number of aliphatic hydroxyl groups is 1. The van der Waals surface area contributed by atoms with Crippen molar-refractivity contribution in [2.75, 3.05) is 6.61 Å². The predicted octanol–water partition coefficient (Wildman–Crippen LogP) is 1.67. The minimum absolute atomic E-state index is 0.0344. The first-order chi connectivity index (χ1) is 6.70. The number of fused-ring (bicyclic) bond motifs is 1. The van der Waals surface area contributed by atoms with Gasteiger partial charge in [-0.3, -0.25) is 4.79 Å². The van der Waals surface area contributed by atoms with Gasteiger partial charge in [-0.05, 0) is 18.2 Å². The van der Waals surface area contributed by atoms with Crippen LogP contribution in [0, 0.1) is 0 Å². The molecule has 1 aromatic carbocycles. The van der Waals surface area contributed by atoms with Crippen molar-refractivity contribution in [2.45, 2.75) is 12.5 Å². The monoisotopic (exact) mass is 212 g/mol. The summed E-state index contributed by atoms with van der Waals surface area (Å²) in [6.45, 7) is -0.145. The minimum Gasteiger partial charge on any atom is -0.487 e. The summed E-state index contributed by atoms with van der Waals surface area (Å²) >= 11 is 5.76. The van der Waals surface area contributed by atoms with Crippen molar-refractivity contribution in [3.8, 4) is 5.75 Å². The van der Waals surface area contributed by atoms with E-state index in [1.54, 1.807) is 18.2 Å². The third kappa shape index (κ3) is 1.61. The molecule has 0 amide bonds. The molecule has 1 atom stereocenters. The molecule has 0 spiro atoms. The van der Waals surface area contributed by atoms with E-state index in [4.69, 9.17) is 21.4 Å².